The van der Waals surface area contributed by atoms with E-state index < -0.39 is 0 Å². The fourth-order valence-corrected chi connectivity index (χ4v) is 3.13. The van der Waals surface area contributed by atoms with Crippen molar-refractivity contribution in [3.8, 4) is 0 Å². The van der Waals surface area contributed by atoms with Crippen molar-refractivity contribution in [2.24, 2.45) is 5.92 Å². The lowest BCUT2D eigenvalue weighted by Gasteiger charge is -2.32. The number of ether oxygens (including phenoxy) is 1. The molecule has 136 valence electrons. The first-order valence-electron chi connectivity index (χ1n) is 8.61. The molecule has 1 fully saturated rings. The van der Waals surface area contributed by atoms with Gasteiger partial charge in [-0.05, 0) is 30.0 Å². The highest BCUT2D eigenvalue weighted by molar-refractivity contribution is 6.42. The Bertz CT molecular complexity index is 705. The lowest BCUT2D eigenvalue weighted by Crippen LogP contribution is -2.37. The molecule has 1 unspecified atom stereocenters. The predicted octanol–water partition coefficient (Wildman–Crippen LogP) is 4.54. The Labute approximate surface area is 158 Å². The molecule has 2 aromatic rings. The van der Waals surface area contributed by atoms with Crippen LogP contribution in [0.3, 0.4) is 0 Å². The standard InChI is InChI=1S/C18H23Cl2N3O2/c1-12(2)3-6-17-21-18(25-22-17)11-23-7-8-24-16(10-23)13-4-5-14(19)15(20)9-13/h4-5,9,12,16H,3,6-8,10-11H2,1-2H3. The number of hydrogen-bond donors (Lipinski definition) is 0. The normalized spacial score (nSPS) is 18.8. The third kappa shape index (κ3) is 5.17. The van der Waals surface area contributed by atoms with Gasteiger partial charge in [0.05, 0.1) is 29.3 Å². The van der Waals surface area contributed by atoms with Gasteiger partial charge in [-0.1, -0.05) is 48.3 Å². The molecule has 1 aliphatic rings. The van der Waals surface area contributed by atoms with Crippen LogP contribution in [-0.2, 0) is 17.7 Å². The van der Waals surface area contributed by atoms with Crippen molar-refractivity contribution < 1.29 is 9.26 Å². The number of hydrogen-bond acceptors (Lipinski definition) is 5. The van der Waals surface area contributed by atoms with Crippen molar-refractivity contribution in [3.63, 3.8) is 0 Å². The molecule has 0 amide bonds. The van der Waals surface area contributed by atoms with E-state index in [1.54, 1.807) is 6.07 Å². The van der Waals surface area contributed by atoms with Gasteiger partial charge in [-0.3, -0.25) is 4.90 Å². The molecule has 1 aromatic heterocycles. The summed E-state index contributed by atoms with van der Waals surface area (Å²) >= 11 is 12.1. The minimum absolute atomic E-state index is 0.0353. The molecule has 5 nitrogen and oxygen atoms in total. The molecule has 0 saturated carbocycles. The topological polar surface area (TPSA) is 51.4 Å². The van der Waals surface area contributed by atoms with Crippen LogP contribution in [0.15, 0.2) is 22.7 Å². The van der Waals surface area contributed by atoms with E-state index in [0.29, 0.717) is 35.0 Å². The van der Waals surface area contributed by atoms with E-state index in [1.165, 1.54) is 0 Å². The van der Waals surface area contributed by atoms with Gasteiger partial charge >= 0.3 is 0 Å². The summed E-state index contributed by atoms with van der Waals surface area (Å²) < 4.78 is 11.3. The number of aryl methyl sites for hydroxylation is 1. The van der Waals surface area contributed by atoms with Gasteiger partial charge in [0.2, 0.25) is 5.89 Å². The zero-order valence-corrected chi connectivity index (χ0v) is 16.1. The summed E-state index contributed by atoms with van der Waals surface area (Å²) in [4.78, 5) is 6.76. The maximum absolute atomic E-state index is 6.12. The molecule has 0 N–H and O–H groups in total. The largest absolute Gasteiger partial charge is 0.371 e. The maximum Gasteiger partial charge on any atom is 0.240 e. The Balaban J connectivity index is 1.59. The molecule has 0 spiro atoms. The maximum atomic E-state index is 6.12. The van der Waals surface area contributed by atoms with Crippen LogP contribution < -0.4 is 0 Å². The molecule has 2 heterocycles. The van der Waals surface area contributed by atoms with Crippen molar-refractivity contribution in [3.05, 3.63) is 45.5 Å². The molecule has 3 rings (SSSR count). The van der Waals surface area contributed by atoms with E-state index >= 15 is 0 Å². The summed E-state index contributed by atoms with van der Waals surface area (Å²) in [6, 6.07) is 5.63. The average molecular weight is 384 g/mol. The van der Waals surface area contributed by atoms with E-state index in [0.717, 1.165) is 37.3 Å². The van der Waals surface area contributed by atoms with Crippen LogP contribution in [0.2, 0.25) is 10.0 Å². The second-order valence-corrected chi connectivity index (χ2v) is 7.62. The number of nitrogens with zero attached hydrogens (tertiary/aromatic N) is 3. The summed E-state index contributed by atoms with van der Waals surface area (Å²) in [5.41, 5.74) is 1.03. The number of halogens is 2. The molecule has 1 saturated heterocycles. The minimum atomic E-state index is -0.0353. The second kappa shape index (κ2) is 8.49. The lowest BCUT2D eigenvalue weighted by atomic mass is 10.1. The van der Waals surface area contributed by atoms with Crippen LogP contribution in [0, 0.1) is 5.92 Å². The molecule has 1 aliphatic heterocycles. The van der Waals surface area contributed by atoms with Crippen LogP contribution >= 0.6 is 23.2 Å². The first-order valence-corrected chi connectivity index (χ1v) is 9.37. The van der Waals surface area contributed by atoms with Crippen LogP contribution in [0.4, 0.5) is 0 Å². The van der Waals surface area contributed by atoms with Gasteiger partial charge in [0.25, 0.3) is 0 Å². The molecule has 1 atom stereocenters. The van der Waals surface area contributed by atoms with E-state index in [-0.39, 0.29) is 6.10 Å². The summed E-state index contributed by atoms with van der Waals surface area (Å²) in [5, 5.41) is 5.18. The van der Waals surface area contributed by atoms with Gasteiger partial charge in [0.15, 0.2) is 5.82 Å². The molecule has 0 aliphatic carbocycles. The SMILES string of the molecule is CC(C)CCc1noc(CN2CCOC(c3ccc(Cl)c(Cl)c3)C2)n1. The van der Waals surface area contributed by atoms with E-state index in [4.69, 9.17) is 32.5 Å². The quantitative estimate of drug-likeness (QED) is 0.732. The molecule has 0 radical (unpaired) electrons. The first kappa shape index (κ1) is 18.6. The highest BCUT2D eigenvalue weighted by Crippen LogP contribution is 2.29. The van der Waals surface area contributed by atoms with E-state index in [2.05, 4.69) is 28.9 Å². The number of rotatable bonds is 6. The summed E-state index contributed by atoms with van der Waals surface area (Å²) in [5.74, 6) is 2.08. The third-order valence-electron chi connectivity index (χ3n) is 4.28. The molecule has 7 heteroatoms. The van der Waals surface area contributed by atoms with E-state index in [9.17, 15) is 0 Å². The molecular weight excluding hydrogens is 361 g/mol. The van der Waals surface area contributed by atoms with E-state index in [1.807, 2.05) is 12.1 Å². The number of morpholine rings is 1. The fraction of sp³-hybridized carbons (Fsp3) is 0.556. The highest BCUT2D eigenvalue weighted by Gasteiger charge is 2.24. The Kier molecular flexibility index (Phi) is 6.34. The van der Waals surface area contributed by atoms with Crippen molar-refractivity contribution in [1.29, 1.82) is 0 Å². The Morgan fingerprint density at radius 2 is 2.12 bits per heavy atom. The molecule has 1 aromatic carbocycles. The van der Waals surface area contributed by atoms with Crippen LogP contribution in [0.1, 0.15) is 43.7 Å². The predicted molar refractivity (Wildman–Crippen MR) is 97.9 cm³/mol. The van der Waals surface area contributed by atoms with Crippen molar-refractivity contribution in [2.45, 2.75) is 39.3 Å². The molecular formula is C18H23Cl2N3O2. The van der Waals surface area contributed by atoms with Crippen LogP contribution in [0.5, 0.6) is 0 Å². The smallest absolute Gasteiger partial charge is 0.240 e. The van der Waals surface area contributed by atoms with Gasteiger partial charge in [-0.2, -0.15) is 4.98 Å². The summed E-state index contributed by atoms with van der Waals surface area (Å²) in [6.07, 6.45) is 1.89. The van der Waals surface area contributed by atoms with Crippen LogP contribution in [0.25, 0.3) is 0 Å². The minimum Gasteiger partial charge on any atom is -0.371 e. The van der Waals surface area contributed by atoms with Crippen LogP contribution in [-0.4, -0.2) is 34.7 Å². The zero-order chi connectivity index (χ0) is 17.8. The number of aromatic nitrogens is 2. The van der Waals surface area contributed by atoms with Gasteiger partial charge in [0, 0.05) is 19.5 Å². The lowest BCUT2D eigenvalue weighted by molar-refractivity contribution is -0.0355. The van der Waals surface area contributed by atoms with Gasteiger partial charge in [-0.15, -0.1) is 0 Å². The second-order valence-electron chi connectivity index (χ2n) is 6.80. The molecule has 0 bridgehead atoms. The van der Waals surface area contributed by atoms with Gasteiger partial charge in [-0.25, -0.2) is 0 Å². The summed E-state index contributed by atoms with van der Waals surface area (Å²) in [7, 11) is 0. The van der Waals surface area contributed by atoms with Crippen molar-refractivity contribution >= 4 is 23.2 Å². The van der Waals surface area contributed by atoms with Crippen molar-refractivity contribution in [2.75, 3.05) is 19.7 Å². The number of benzene rings is 1. The first-order chi connectivity index (χ1) is 12.0. The summed E-state index contributed by atoms with van der Waals surface area (Å²) in [6.45, 7) is 7.26. The van der Waals surface area contributed by atoms with Gasteiger partial charge < -0.3 is 9.26 Å². The Hall–Kier alpha value is -1.14. The van der Waals surface area contributed by atoms with Crippen molar-refractivity contribution in [1.82, 2.24) is 15.0 Å². The third-order valence-corrected chi connectivity index (χ3v) is 5.02. The zero-order valence-electron chi connectivity index (χ0n) is 14.5. The fourth-order valence-electron chi connectivity index (χ4n) is 2.83. The highest BCUT2D eigenvalue weighted by atomic mass is 35.5. The monoisotopic (exact) mass is 383 g/mol. The Morgan fingerprint density at radius 3 is 2.88 bits per heavy atom. The van der Waals surface area contributed by atoms with Gasteiger partial charge in [0.1, 0.15) is 0 Å². The molecule has 25 heavy (non-hydrogen) atoms. The average Bonchev–Trinajstić information content (AvgIpc) is 3.03. The Morgan fingerprint density at radius 1 is 1.28 bits per heavy atom.